The Hall–Kier alpha value is -9.16. The SMILES string of the molecule is CCCCC(C(=O)NC(Cc1cn(C(=O)OC(C)(C)C)c2ccccc12)C(=O)O)N(C)C(=O)C(CC(=O)O)NC(=O)C(Cc1ccccc1)NNC(Cc1ccccc1)C(=O)NCC(=O)NC(C)C(=O)NC(Cc1ccc(O)cc1)C(=O)O. The zero-order chi connectivity index (χ0) is 61.0. The molecule has 0 saturated carbocycles. The number of carbonyl (C=O) groups excluding carboxylic acids is 7. The number of hydrogen-bond acceptors (Lipinski definition) is 14. The second-order valence-corrected chi connectivity index (χ2v) is 20.9. The second kappa shape index (κ2) is 30.6. The smallest absolute Gasteiger partial charge is 0.419 e. The molecule has 4 aromatic carbocycles. The molecule has 5 rings (SSSR count). The van der Waals surface area contributed by atoms with Crippen molar-refractivity contribution in [2.24, 2.45) is 0 Å². The van der Waals surface area contributed by atoms with Gasteiger partial charge in [0.15, 0.2) is 0 Å². The maximum absolute atomic E-state index is 14.5. The number of carboxylic acids is 3. The topological polar surface area (TPSA) is 353 Å². The van der Waals surface area contributed by atoms with E-state index in [-0.39, 0.29) is 37.9 Å². The van der Waals surface area contributed by atoms with Gasteiger partial charge in [0.2, 0.25) is 35.4 Å². The van der Waals surface area contributed by atoms with Gasteiger partial charge in [-0.15, -0.1) is 0 Å². The molecule has 83 heavy (non-hydrogen) atoms. The third-order valence-corrected chi connectivity index (χ3v) is 13.2. The fraction of sp³-hybridized carbons (Fsp3) is 0.390. The van der Waals surface area contributed by atoms with Crippen molar-refractivity contribution in [2.75, 3.05) is 13.6 Å². The maximum atomic E-state index is 14.5. The summed E-state index contributed by atoms with van der Waals surface area (Å²) in [4.78, 5) is 135. The minimum absolute atomic E-state index is 0.0122. The number of carboxylic acid groups (broad SMARTS) is 3. The Morgan fingerprint density at radius 3 is 1.66 bits per heavy atom. The second-order valence-electron chi connectivity index (χ2n) is 20.9. The lowest BCUT2D eigenvalue weighted by atomic mass is 10.0. The quantitative estimate of drug-likeness (QED) is 0.0294. The molecule has 0 aliphatic heterocycles. The van der Waals surface area contributed by atoms with Gasteiger partial charge in [-0.2, -0.15) is 0 Å². The van der Waals surface area contributed by atoms with Gasteiger partial charge in [-0.3, -0.25) is 38.1 Å². The van der Waals surface area contributed by atoms with Crippen LogP contribution in [0.1, 0.15) is 82.6 Å². The third-order valence-electron chi connectivity index (χ3n) is 13.2. The van der Waals surface area contributed by atoms with Crippen molar-refractivity contribution >= 4 is 70.3 Å². The van der Waals surface area contributed by atoms with E-state index in [4.69, 9.17) is 4.74 Å². The highest BCUT2D eigenvalue weighted by atomic mass is 16.6. The van der Waals surface area contributed by atoms with Gasteiger partial charge in [0.05, 0.1) is 18.5 Å². The average molecular weight is 1150 g/mol. The van der Waals surface area contributed by atoms with E-state index in [0.717, 1.165) is 4.90 Å². The number of benzene rings is 4. The summed E-state index contributed by atoms with van der Waals surface area (Å²) < 4.78 is 6.82. The normalized spacial score (nSPS) is 13.8. The molecular weight excluding hydrogens is 1070 g/mol. The summed E-state index contributed by atoms with van der Waals surface area (Å²) in [6.07, 6.45) is 0.224. The Labute approximate surface area is 479 Å². The van der Waals surface area contributed by atoms with Gasteiger partial charge in [0, 0.05) is 31.5 Å². The van der Waals surface area contributed by atoms with Crippen LogP contribution in [-0.2, 0) is 73.6 Å². The predicted octanol–water partition coefficient (Wildman–Crippen LogP) is 2.97. The Kier molecular flexibility index (Phi) is 23.8. The van der Waals surface area contributed by atoms with E-state index in [1.54, 1.807) is 106 Å². The number of phenols is 1. The molecule has 24 heteroatoms. The molecule has 0 fully saturated rings. The van der Waals surface area contributed by atoms with Gasteiger partial charge in [0.25, 0.3) is 0 Å². The number of para-hydroxylation sites is 1. The predicted molar refractivity (Wildman–Crippen MR) is 303 cm³/mol. The van der Waals surface area contributed by atoms with E-state index < -0.39 is 120 Å². The molecule has 0 saturated heterocycles. The van der Waals surface area contributed by atoms with Crippen molar-refractivity contribution in [1.82, 2.24) is 46.9 Å². The highest BCUT2D eigenvalue weighted by molar-refractivity contribution is 5.97. The Morgan fingerprint density at radius 2 is 1.11 bits per heavy atom. The number of unbranched alkanes of at least 4 members (excludes halogenated alkanes) is 1. The summed E-state index contributed by atoms with van der Waals surface area (Å²) in [5.41, 5.74) is 7.51. The van der Waals surface area contributed by atoms with E-state index in [2.05, 4.69) is 37.4 Å². The van der Waals surface area contributed by atoms with E-state index in [1.165, 1.54) is 49.0 Å². The molecular formula is C59H73N9O15. The van der Waals surface area contributed by atoms with Crippen LogP contribution in [-0.4, -0.2) is 151 Å². The van der Waals surface area contributed by atoms with Gasteiger partial charge in [0.1, 0.15) is 53.6 Å². The van der Waals surface area contributed by atoms with Crippen molar-refractivity contribution in [2.45, 2.75) is 134 Å². The summed E-state index contributed by atoms with van der Waals surface area (Å²) >= 11 is 0. The molecule has 0 radical (unpaired) electrons. The minimum atomic E-state index is -1.78. The number of hydrazine groups is 1. The molecule has 1 heterocycles. The highest BCUT2D eigenvalue weighted by Gasteiger charge is 2.37. The number of hydrogen-bond donors (Lipinski definition) is 11. The van der Waals surface area contributed by atoms with E-state index in [1.807, 2.05) is 6.92 Å². The minimum Gasteiger partial charge on any atom is -0.508 e. The third kappa shape index (κ3) is 20.1. The Bertz CT molecular complexity index is 3080. The number of amides is 6. The molecule has 7 atom stereocenters. The van der Waals surface area contributed by atoms with Crippen LogP contribution >= 0.6 is 0 Å². The first-order chi connectivity index (χ1) is 39.3. The van der Waals surface area contributed by atoms with Crippen LogP contribution in [0.4, 0.5) is 4.79 Å². The molecule has 5 aromatic rings. The van der Waals surface area contributed by atoms with Gasteiger partial charge >= 0.3 is 24.0 Å². The van der Waals surface area contributed by atoms with Crippen molar-refractivity contribution in [3.63, 3.8) is 0 Å². The summed E-state index contributed by atoms with van der Waals surface area (Å²) in [5.74, 6) is -9.42. The zero-order valence-electron chi connectivity index (χ0n) is 47.0. The van der Waals surface area contributed by atoms with Gasteiger partial charge < -0.3 is 56.6 Å². The Morgan fingerprint density at radius 1 is 0.602 bits per heavy atom. The summed E-state index contributed by atoms with van der Waals surface area (Å²) in [6, 6.07) is 19.9. The maximum Gasteiger partial charge on any atom is 0.419 e. The summed E-state index contributed by atoms with van der Waals surface area (Å²) in [6.45, 7) is 7.61. The van der Waals surface area contributed by atoms with Gasteiger partial charge in [-0.05, 0) is 87.4 Å². The number of fused-ring (bicyclic) bond motifs is 1. The monoisotopic (exact) mass is 1150 g/mol. The average Bonchev–Trinajstić information content (AvgIpc) is 3.65. The number of likely N-dealkylation sites (N-methyl/N-ethyl adjacent to an activating group) is 1. The van der Waals surface area contributed by atoms with Crippen molar-refractivity contribution < 1.29 is 73.1 Å². The zero-order valence-corrected chi connectivity index (χ0v) is 47.0. The summed E-state index contributed by atoms with van der Waals surface area (Å²) in [5, 5.41) is 52.8. The number of nitrogens with zero attached hydrogens (tertiary/aromatic N) is 2. The van der Waals surface area contributed by atoms with E-state index in [0.29, 0.717) is 46.0 Å². The molecule has 6 amide bonds. The van der Waals surface area contributed by atoms with Crippen LogP contribution in [0.2, 0.25) is 0 Å². The van der Waals surface area contributed by atoms with Crippen molar-refractivity contribution in [3.8, 4) is 5.75 Å². The standard InChI is InChI=1S/C59H73N9O15/c1-7-8-22-48(54(76)64-46(57(80)81)31-39-34-68(58(82)83-59(3,4)5)47-23-16-15-21-41(39)47)67(6)55(77)44(32-50(71)72)62-53(75)43(29-37-19-13-10-14-20-37)66-65-42(28-36-17-11-9-12-18-36)52(74)60-33-49(70)61-35(2)51(73)63-45(56(78)79)30-38-24-26-40(69)27-25-38/h9-21,23-27,34-35,42-46,48,65-66,69H,7-8,22,28-33H2,1-6H3,(H,60,74)(H,61,70)(H,62,75)(H,63,73)(H,64,76)(H,71,72)(H,78,79)(H,80,81). The number of phenolic OH excluding ortho intramolecular Hbond substituents is 1. The van der Waals surface area contributed by atoms with E-state index in [9.17, 15) is 68.4 Å². The fourth-order valence-electron chi connectivity index (χ4n) is 8.84. The molecule has 444 valence electrons. The fourth-order valence-corrected chi connectivity index (χ4v) is 8.84. The summed E-state index contributed by atoms with van der Waals surface area (Å²) in [7, 11) is 1.24. The molecule has 0 spiro atoms. The van der Waals surface area contributed by atoms with Crippen LogP contribution in [0.25, 0.3) is 10.9 Å². The molecule has 0 aliphatic rings. The molecule has 1 aromatic heterocycles. The van der Waals surface area contributed by atoms with Crippen LogP contribution in [0.15, 0.2) is 115 Å². The van der Waals surface area contributed by atoms with Crippen molar-refractivity contribution in [3.05, 3.63) is 138 Å². The van der Waals surface area contributed by atoms with Crippen LogP contribution < -0.4 is 37.4 Å². The number of nitrogens with one attached hydrogen (secondary N) is 7. The van der Waals surface area contributed by atoms with Gasteiger partial charge in [-0.25, -0.2) is 25.2 Å². The molecule has 11 N–H and O–H groups in total. The number of aromatic hydroxyl groups is 1. The number of carbonyl (C=O) groups is 10. The molecule has 0 bridgehead atoms. The lowest BCUT2D eigenvalue weighted by Gasteiger charge is -2.32. The first-order valence-electron chi connectivity index (χ1n) is 26.9. The van der Waals surface area contributed by atoms with Gasteiger partial charge in [-0.1, -0.05) is 111 Å². The highest BCUT2D eigenvalue weighted by Crippen LogP contribution is 2.25. The van der Waals surface area contributed by atoms with Crippen LogP contribution in [0.5, 0.6) is 5.75 Å². The Balaban J connectivity index is 1.31. The number of aromatic nitrogens is 1. The van der Waals surface area contributed by atoms with E-state index >= 15 is 0 Å². The lowest BCUT2D eigenvalue weighted by Crippen LogP contribution is -2.61. The molecule has 7 unspecified atom stereocenters. The largest absolute Gasteiger partial charge is 0.508 e. The van der Waals surface area contributed by atoms with Crippen molar-refractivity contribution in [1.29, 1.82) is 0 Å². The first kappa shape index (κ1) is 64.7. The van der Waals surface area contributed by atoms with Crippen LogP contribution in [0.3, 0.4) is 0 Å². The molecule has 0 aliphatic carbocycles. The van der Waals surface area contributed by atoms with Crippen LogP contribution in [0, 0.1) is 0 Å². The molecule has 24 nitrogen and oxygen atoms in total. The number of ether oxygens (including phenoxy) is 1. The first-order valence-corrected chi connectivity index (χ1v) is 26.9. The lowest BCUT2D eigenvalue weighted by molar-refractivity contribution is -0.147. The number of aliphatic carboxylic acids is 3. The number of rotatable bonds is 30.